The van der Waals surface area contributed by atoms with Crippen molar-refractivity contribution in [2.75, 3.05) is 33.9 Å². The lowest BCUT2D eigenvalue weighted by atomic mass is 9.79. The Morgan fingerprint density at radius 1 is 0.959 bits per heavy atom. The molecule has 2 aliphatic heterocycles. The highest BCUT2D eigenvalue weighted by Crippen LogP contribution is 2.43. The number of amides is 1. The maximum atomic E-state index is 11.7. The lowest BCUT2D eigenvalue weighted by Crippen LogP contribution is -2.56. The van der Waals surface area contributed by atoms with E-state index in [1.807, 2.05) is 54.6 Å². The SMILES string of the molecule is COc1cc(-c2nccc(-c3cccc(-c4ccc(CN5CC6(CNC(=O)C6)C5)c(OC)n4)c3Cl)c2Cl)ccc1CN[C@H]1CC[C@H](O)CC1. The second-order valence-electron chi connectivity index (χ2n) is 13.6. The number of aromatic nitrogens is 2. The number of halogens is 2. The van der Waals surface area contributed by atoms with Crippen molar-refractivity contribution in [3.8, 4) is 45.3 Å². The average molecular weight is 703 g/mol. The quantitative estimate of drug-likeness (QED) is 0.172. The molecule has 2 aromatic heterocycles. The molecular formula is C38H41Cl2N5O4. The third-order valence-electron chi connectivity index (χ3n) is 10.1. The number of hydrogen-bond donors (Lipinski definition) is 3. The van der Waals surface area contributed by atoms with Crippen molar-refractivity contribution in [1.82, 2.24) is 25.5 Å². The summed E-state index contributed by atoms with van der Waals surface area (Å²) < 4.78 is 11.5. The highest BCUT2D eigenvalue weighted by molar-refractivity contribution is 6.39. The Labute approximate surface area is 297 Å². The van der Waals surface area contributed by atoms with Crippen LogP contribution in [0.3, 0.4) is 0 Å². The summed E-state index contributed by atoms with van der Waals surface area (Å²) >= 11 is 14.2. The Bertz CT molecular complexity index is 1860. The molecule has 1 amide bonds. The van der Waals surface area contributed by atoms with Crippen LogP contribution in [0.1, 0.15) is 43.2 Å². The van der Waals surface area contributed by atoms with Crippen LogP contribution in [-0.2, 0) is 17.9 Å². The van der Waals surface area contributed by atoms with Crippen LogP contribution in [0.25, 0.3) is 33.6 Å². The zero-order valence-corrected chi connectivity index (χ0v) is 29.3. The van der Waals surface area contributed by atoms with Crippen LogP contribution >= 0.6 is 23.2 Å². The molecule has 49 heavy (non-hydrogen) atoms. The molecule has 3 fully saturated rings. The molecule has 0 bridgehead atoms. The highest BCUT2D eigenvalue weighted by atomic mass is 35.5. The number of hydrogen-bond acceptors (Lipinski definition) is 8. The molecule has 3 aliphatic rings. The molecule has 2 aromatic carbocycles. The number of methoxy groups -OCH3 is 2. The molecule has 1 aliphatic carbocycles. The molecule has 256 valence electrons. The monoisotopic (exact) mass is 701 g/mol. The van der Waals surface area contributed by atoms with Crippen molar-refractivity contribution in [3.05, 3.63) is 82.0 Å². The largest absolute Gasteiger partial charge is 0.496 e. The van der Waals surface area contributed by atoms with E-state index in [9.17, 15) is 9.90 Å². The van der Waals surface area contributed by atoms with Gasteiger partial charge >= 0.3 is 0 Å². The molecule has 0 unspecified atom stereocenters. The number of likely N-dealkylation sites (tertiary alicyclic amines) is 1. The van der Waals surface area contributed by atoms with Crippen LogP contribution in [-0.4, -0.2) is 71.9 Å². The van der Waals surface area contributed by atoms with Crippen LogP contribution in [0.4, 0.5) is 0 Å². The molecule has 0 atom stereocenters. The first-order valence-electron chi connectivity index (χ1n) is 16.8. The topological polar surface area (TPSA) is 109 Å². The van der Waals surface area contributed by atoms with Gasteiger partial charge < -0.3 is 25.2 Å². The molecule has 1 saturated carbocycles. The van der Waals surface area contributed by atoms with Gasteiger partial charge in [0, 0.05) is 90.2 Å². The summed E-state index contributed by atoms with van der Waals surface area (Å²) in [5.41, 5.74) is 6.56. The first kappa shape index (κ1) is 33.8. The predicted octanol–water partition coefficient (Wildman–Crippen LogP) is 6.52. The Hall–Kier alpha value is -3.73. The summed E-state index contributed by atoms with van der Waals surface area (Å²) in [5, 5.41) is 17.4. The lowest BCUT2D eigenvalue weighted by Gasteiger charge is -2.47. The van der Waals surface area contributed by atoms with Gasteiger partial charge in [0.25, 0.3) is 0 Å². The first-order chi connectivity index (χ1) is 23.8. The van der Waals surface area contributed by atoms with E-state index in [2.05, 4.69) is 20.5 Å². The summed E-state index contributed by atoms with van der Waals surface area (Å²) in [6.07, 6.45) is 5.77. The van der Waals surface area contributed by atoms with Crippen molar-refractivity contribution in [2.45, 2.75) is 57.3 Å². The van der Waals surface area contributed by atoms with Crippen LogP contribution in [0.15, 0.2) is 60.8 Å². The number of carbonyl (C=O) groups is 1. The van der Waals surface area contributed by atoms with Gasteiger partial charge in [-0.05, 0) is 43.9 Å². The van der Waals surface area contributed by atoms with Gasteiger partial charge in [-0.25, -0.2) is 4.98 Å². The van der Waals surface area contributed by atoms with Gasteiger partial charge in [0.1, 0.15) is 5.75 Å². The van der Waals surface area contributed by atoms with E-state index in [-0.39, 0.29) is 17.4 Å². The number of aliphatic hydroxyl groups is 1. The Morgan fingerprint density at radius 2 is 1.71 bits per heavy atom. The third-order valence-corrected chi connectivity index (χ3v) is 10.9. The number of pyridine rings is 2. The minimum Gasteiger partial charge on any atom is -0.496 e. The Balaban J connectivity index is 1.10. The van der Waals surface area contributed by atoms with Gasteiger partial charge in [0.2, 0.25) is 11.8 Å². The number of nitrogens with zero attached hydrogens (tertiary/aromatic N) is 3. The zero-order chi connectivity index (χ0) is 34.1. The molecule has 2 saturated heterocycles. The fourth-order valence-corrected chi connectivity index (χ4v) is 8.16. The number of rotatable bonds is 10. The standard InChI is InChI=1S/C38H41Cl2N5O4/c1-48-32-16-23(6-7-24(32)18-42-26-9-11-27(46)12-10-26)36-35(40)29(14-15-41-36)28-4-3-5-30(34(28)39)31-13-8-25(37(44-31)49-2)19-45-21-38(22-45)17-33(47)43-20-38/h3-8,13-16,26-27,42,46H,9-12,17-22H2,1-2H3,(H,43,47)/t26-,27-. The summed E-state index contributed by atoms with van der Waals surface area (Å²) in [6.45, 7) is 3.87. The summed E-state index contributed by atoms with van der Waals surface area (Å²) in [4.78, 5) is 23.6. The van der Waals surface area contributed by atoms with Crippen molar-refractivity contribution in [2.24, 2.45) is 5.41 Å². The van der Waals surface area contributed by atoms with E-state index in [0.717, 1.165) is 84.4 Å². The predicted molar refractivity (Wildman–Crippen MR) is 192 cm³/mol. The highest BCUT2D eigenvalue weighted by Gasteiger charge is 2.48. The second kappa shape index (κ2) is 14.2. The maximum absolute atomic E-state index is 11.7. The molecule has 4 heterocycles. The normalized spacial score (nSPS) is 20.2. The number of aliphatic hydroxyl groups excluding tert-OH is 1. The van der Waals surface area contributed by atoms with Gasteiger partial charge in [-0.15, -0.1) is 0 Å². The van der Waals surface area contributed by atoms with Gasteiger partial charge in [0.15, 0.2) is 0 Å². The summed E-state index contributed by atoms with van der Waals surface area (Å²) in [6, 6.07) is 18.1. The van der Waals surface area contributed by atoms with Crippen molar-refractivity contribution >= 4 is 29.1 Å². The van der Waals surface area contributed by atoms with Crippen molar-refractivity contribution in [1.29, 1.82) is 0 Å². The summed E-state index contributed by atoms with van der Waals surface area (Å²) in [5.74, 6) is 1.45. The molecule has 0 radical (unpaired) electrons. The lowest BCUT2D eigenvalue weighted by molar-refractivity contribution is -0.120. The summed E-state index contributed by atoms with van der Waals surface area (Å²) in [7, 11) is 3.30. The van der Waals surface area contributed by atoms with Gasteiger partial charge in [-0.1, -0.05) is 59.6 Å². The van der Waals surface area contributed by atoms with E-state index in [1.54, 1.807) is 20.4 Å². The molecule has 11 heteroatoms. The molecule has 4 aromatic rings. The van der Waals surface area contributed by atoms with Crippen molar-refractivity contribution in [3.63, 3.8) is 0 Å². The van der Waals surface area contributed by atoms with Crippen LogP contribution in [0.2, 0.25) is 10.0 Å². The third kappa shape index (κ3) is 7.00. The Kier molecular flexibility index (Phi) is 9.81. The fraction of sp³-hybridized carbons (Fsp3) is 0.395. The zero-order valence-electron chi connectivity index (χ0n) is 27.8. The second-order valence-corrected chi connectivity index (χ2v) is 14.3. The number of ether oxygens (including phenoxy) is 2. The molecular weight excluding hydrogens is 661 g/mol. The van der Waals surface area contributed by atoms with E-state index in [1.165, 1.54) is 0 Å². The van der Waals surface area contributed by atoms with Gasteiger partial charge in [-0.2, -0.15) is 0 Å². The van der Waals surface area contributed by atoms with Crippen molar-refractivity contribution < 1.29 is 19.4 Å². The minimum absolute atomic E-state index is 0.0630. The number of carbonyl (C=O) groups excluding carboxylic acids is 1. The fourth-order valence-electron chi connectivity index (χ4n) is 7.51. The van der Waals surface area contributed by atoms with Gasteiger partial charge in [0.05, 0.1) is 41.8 Å². The smallest absolute Gasteiger partial charge is 0.220 e. The average Bonchev–Trinajstić information content (AvgIpc) is 3.50. The van der Waals surface area contributed by atoms with E-state index < -0.39 is 0 Å². The van der Waals surface area contributed by atoms with E-state index in [4.69, 9.17) is 37.7 Å². The van der Waals surface area contributed by atoms with Crippen LogP contribution in [0.5, 0.6) is 11.6 Å². The molecule has 7 rings (SSSR count). The van der Waals surface area contributed by atoms with E-state index >= 15 is 0 Å². The maximum Gasteiger partial charge on any atom is 0.220 e. The van der Waals surface area contributed by atoms with E-state index in [0.29, 0.717) is 52.9 Å². The number of nitrogens with one attached hydrogen (secondary N) is 2. The molecule has 3 N–H and O–H groups in total. The molecule has 9 nitrogen and oxygen atoms in total. The first-order valence-corrected chi connectivity index (χ1v) is 17.6. The molecule has 1 spiro atoms. The Morgan fingerprint density at radius 3 is 2.45 bits per heavy atom. The number of benzene rings is 2. The van der Waals surface area contributed by atoms with Crippen LogP contribution in [0, 0.1) is 5.41 Å². The van der Waals surface area contributed by atoms with Crippen LogP contribution < -0.4 is 20.1 Å². The minimum atomic E-state index is -0.178. The van der Waals surface area contributed by atoms with Gasteiger partial charge in [-0.3, -0.25) is 14.7 Å².